The van der Waals surface area contributed by atoms with E-state index < -0.39 is 11.3 Å². The molecular weight excluding hydrogens is 254 g/mol. The normalized spacial score (nSPS) is 20.9. The van der Waals surface area contributed by atoms with Gasteiger partial charge in [-0.05, 0) is 38.1 Å². The highest BCUT2D eigenvalue weighted by Crippen LogP contribution is 2.44. The number of hydroxylamine groups is 2. The van der Waals surface area contributed by atoms with Crippen LogP contribution in [-0.2, 0) is 10.5 Å². The Kier molecular flexibility index (Phi) is 3.05. The lowest BCUT2D eigenvalue weighted by atomic mass is 10.00. The summed E-state index contributed by atoms with van der Waals surface area (Å²) in [5.41, 5.74) is -0.792. The van der Waals surface area contributed by atoms with E-state index in [1.165, 1.54) is 0 Å². The molecule has 1 saturated heterocycles. The minimum absolute atomic E-state index is 0.323. The lowest BCUT2D eigenvalue weighted by molar-refractivity contribution is -0.0433. The van der Waals surface area contributed by atoms with Crippen LogP contribution < -0.4 is 0 Å². The highest BCUT2D eigenvalue weighted by Gasteiger charge is 2.50. The Balaban J connectivity index is 2.20. The Morgan fingerprint density at radius 3 is 1.95 bits per heavy atom. The van der Waals surface area contributed by atoms with Crippen LogP contribution in [0, 0.1) is 5.21 Å². The van der Waals surface area contributed by atoms with Gasteiger partial charge < -0.3 is 15.0 Å². The summed E-state index contributed by atoms with van der Waals surface area (Å²) in [5.74, 6) is 0. The molecule has 2 aromatic heterocycles. The molecular formula is C15H16N3O2-. The summed E-state index contributed by atoms with van der Waals surface area (Å²) in [4.78, 5) is 8.64. The number of rotatable bonds is 2. The fourth-order valence-corrected chi connectivity index (χ4v) is 2.44. The van der Waals surface area contributed by atoms with E-state index in [0.29, 0.717) is 18.0 Å². The zero-order valence-electron chi connectivity index (χ0n) is 11.5. The van der Waals surface area contributed by atoms with Crippen molar-refractivity contribution in [3.8, 4) is 0 Å². The van der Waals surface area contributed by atoms with Crippen LogP contribution in [0.15, 0.2) is 48.8 Å². The SMILES string of the molecule is CC1(C)COC(c2ccccn2)(c2ccccn2)N1[O-]. The summed E-state index contributed by atoms with van der Waals surface area (Å²) in [6, 6.07) is 10.9. The number of hydrogen-bond acceptors (Lipinski definition) is 5. The van der Waals surface area contributed by atoms with Gasteiger partial charge in [0.2, 0.25) is 0 Å². The molecule has 1 aliphatic heterocycles. The van der Waals surface area contributed by atoms with E-state index >= 15 is 0 Å². The van der Waals surface area contributed by atoms with Crippen molar-refractivity contribution < 1.29 is 4.74 Å². The summed E-state index contributed by atoms with van der Waals surface area (Å²) in [6.07, 6.45) is 3.31. The average Bonchev–Trinajstić information content (AvgIpc) is 2.73. The predicted octanol–water partition coefficient (Wildman–Crippen LogP) is 2.29. The number of aromatic nitrogens is 2. The molecule has 0 aliphatic carbocycles. The molecule has 3 heterocycles. The van der Waals surface area contributed by atoms with Gasteiger partial charge in [-0.15, -0.1) is 0 Å². The zero-order valence-corrected chi connectivity index (χ0v) is 11.5. The maximum Gasteiger partial charge on any atom is 0.197 e. The molecule has 0 unspecified atom stereocenters. The van der Waals surface area contributed by atoms with Gasteiger partial charge in [-0.1, -0.05) is 12.1 Å². The number of nitrogens with zero attached hydrogens (tertiary/aromatic N) is 3. The number of pyridine rings is 2. The van der Waals surface area contributed by atoms with Crippen molar-refractivity contribution in [1.29, 1.82) is 0 Å². The Hall–Kier alpha value is -1.82. The molecule has 0 N–H and O–H groups in total. The summed E-state index contributed by atoms with van der Waals surface area (Å²) >= 11 is 0. The summed E-state index contributed by atoms with van der Waals surface area (Å²) < 4.78 is 5.93. The standard InChI is InChI=1S/C15H16N3O2/c1-14(2)11-20-15(18(14)19,12-7-3-5-9-16-12)13-8-4-6-10-17-13/h3-10H,11H2,1-2H3/q-1. The second kappa shape index (κ2) is 4.63. The molecule has 0 amide bonds. The lowest BCUT2D eigenvalue weighted by Crippen LogP contribution is -2.48. The van der Waals surface area contributed by atoms with Crippen molar-refractivity contribution in [2.75, 3.05) is 6.61 Å². The van der Waals surface area contributed by atoms with Crippen LogP contribution >= 0.6 is 0 Å². The van der Waals surface area contributed by atoms with E-state index in [9.17, 15) is 5.21 Å². The van der Waals surface area contributed by atoms with Gasteiger partial charge in [0, 0.05) is 17.9 Å². The molecule has 3 rings (SSSR count). The molecule has 5 heteroatoms. The fraction of sp³-hybridized carbons (Fsp3) is 0.333. The van der Waals surface area contributed by atoms with Gasteiger partial charge in [-0.2, -0.15) is 0 Å². The zero-order chi connectivity index (χ0) is 14.2. The summed E-state index contributed by atoms with van der Waals surface area (Å²) in [7, 11) is 0. The number of hydrogen-bond donors (Lipinski definition) is 0. The van der Waals surface area contributed by atoms with Gasteiger partial charge >= 0.3 is 0 Å². The first-order valence-electron chi connectivity index (χ1n) is 6.52. The molecule has 0 radical (unpaired) electrons. The maximum absolute atomic E-state index is 12.9. The van der Waals surface area contributed by atoms with Crippen LogP contribution in [0.25, 0.3) is 0 Å². The molecule has 5 nitrogen and oxygen atoms in total. The molecule has 0 bridgehead atoms. The third-order valence-electron chi connectivity index (χ3n) is 3.49. The topological polar surface area (TPSA) is 61.3 Å². The lowest BCUT2D eigenvalue weighted by Gasteiger charge is -2.46. The van der Waals surface area contributed by atoms with Crippen LogP contribution in [0.2, 0.25) is 0 Å². The highest BCUT2D eigenvalue weighted by atomic mass is 16.6. The predicted molar refractivity (Wildman–Crippen MR) is 74.5 cm³/mol. The largest absolute Gasteiger partial charge is 0.782 e. The molecule has 0 spiro atoms. The van der Waals surface area contributed by atoms with Gasteiger partial charge in [0.15, 0.2) is 5.72 Å². The Labute approximate surface area is 117 Å². The average molecular weight is 270 g/mol. The summed E-state index contributed by atoms with van der Waals surface area (Å²) in [5, 5.41) is 13.8. The van der Waals surface area contributed by atoms with Gasteiger partial charge in [0.25, 0.3) is 0 Å². The third-order valence-corrected chi connectivity index (χ3v) is 3.49. The molecule has 0 saturated carbocycles. The van der Waals surface area contributed by atoms with E-state index in [1.54, 1.807) is 24.5 Å². The van der Waals surface area contributed by atoms with Crippen molar-refractivity contribution in [1.82, 2.24) is 15.0 Å². The smallest absolute Gasteiger partial charge is 0.197 e. The van der Waals surface area contributed by atoms with Crippen molar-refractivity contribution in [2.45, 2.75) is 25.1 Å². The van der Waals surface area contributed by atoms with E-state index in [1.807, 2.05) is 38.1 Å². The minimum Gasteiger partial charge on any atom is -0.782 e. The van der Waals surface area contributed by atoms with Crippen LogP contribution in [0.3, 0.4) is 0 Å². The maximum atomic E-state index is 12.9. The van der Waals surface area contributed by atoms with E-state index in [0.717, 1.165) is 5.06 Å². The van der Waals surface area contributed by atoms with E-state index in [-0.39, 0.29) is 0 Å². The Morgan fingerprint density at radius 2 is 1.60 bits per heavy atom. The first kappa shape index (κ1) is 13.2. The van der Waals surface area contributed by atoms with Gasteiger partial charge in [0.1, 0.15) is 0 Å². The molecule has 1 fully saturated rings. The second-order valence-corrected chi connectivity index (χ2v) is 5.47. The highest BCUT2D eigenvalue weighted by molar-refractivity contribution is 5.30. The second-order valence-electron chi connectivity index (χ2n) is 5.47. The van der Waals surface area contributed by atoms with Gasteiger partial charge in [-0.25, -0.2) is 0 Å². The molecule has 0 aromatic carbocycles. The van der Waals surface area contributed by atoms with Crippen molar-refractivity contribution >= 4 is 0 Å². The van der Waals surface area contributed by atoms with Gasteiger partial charge in [-0.3, -0.25) is 9.97 Å². The van der Waals surface area contributed by atoms with Crippen molar-refractivity contribution in [3.05, 3.63) is 65.4 Å². The first-order chi connectivity index (χ1) is 9.57. The van der Waals surface area contributed by atoms with Crippen molar-refractivity contribution in [3.63, 3.8) is 0 Å². The first-order valence-corrected chi connectivity index (χ1v) is 6.52. The molecule has 104 valence electrons. The number of ether oxygens (including phenoxy) is 1. The molecule has 20 heavy (non-hydrogen) atoms. The molecule has 1 aliphatic rings. The Bertz CT molecular complexity index is 547. The van der Waals surface area contributed by atoms with Gasteiger partial charge in [0.05, 0.1) is 18.0 Å². The van der Waals surface area contributed by atoms with Crippen LogP contribution in [0.1, 0.15) is 25.2 Å². The van der Waals surface area contributed by atoms with Crippen LogP contribution in [-0.4, -0.2) is 27.2 Å². The Morgan fingerprint density at radius 1 is 1.05 bits per heavy atom. The van der Waals surface area contributed by atoms with Crippen LogP contribution in [0.5, 0.6) is 0 Å². The molecule has 0 atom stereocenters. The minimum atomic E-state index is -1.27. The monoisotopic (exact) mass is 270 g/mol. The van der Waals surface area contributed by atoms with Crippen molar-refractivity contribution in [2.24, 2.45) is 0 Å². The van der Waals surface area contributed by atoms with Crippen LogP contribution in [0.4, 0.5) is 0 Å². The quantitative estimate of drug-likeness (QED) is 0.837. The van der Waals surface area contributed by atoms with E-state index in [4.69, 9.17) is 4.74 Å². The van der Waals surface area contributed by atoms with E-state index in [2.05, 4.69) is 9.97 Å². The fourth-order valence-electron chi connectivity index (χ4n) is 2.44. The summed E-state index contributed by atoms with van der Waals surface area (Å²) in [6.45, 7) is 4.03. The third kappa shape index (κ3) is 1.83. The molecule has 2 aromatic rings.